The van der Waals surface area contributed by atoms with Gasteiger partial charge in [0.1, 0.15) is 6.04 Å². The standard InChI is InChI=1S/C13H9NO/c15-14-13-11-7-3-1-5-9(11)10-6-2-4-8-12(10)13/h1-8,13H. The van der Waals surface area contributed by atoms with Crippen molar-refractivity contribution in [2.75, 3.05) is 0 Å². The van der Waals surface area contributed by atoms with Gasteiger partial charge in [0.25, 0.3) is 0 Å². The van der Waals surface area contributed by atoms with Gasteiger partial charge in [-0.05, 0) is 22.3 Å². The molecule has 0 unspecified atom stereocenters. The van der Waals surface area contributed by atoms with Crippen LogP contribution in [0.2, 0.25) is 0 Å². The Morgan fingerprint density at radius 2 is 1.27 bits per heavy atom. The molecule has 0 N–H and O–H groups in total. The summed E-state index contributed by atoms with van der Waals surface area (Å²) < 4.78 is 0. The fourth-order valence-electron chi connectivity index (χ4n) is 2.24. The minimum Gasteiger partial charge on any atom is -0.150 e. The fraction of sp³-hybridized carbons (Fsp3) is 0.0769. The van der Waals surface area contributed by atoms with Crippen molar-refractivity contribution >= 4 is 0 Å². The van der Waals surface area contributed by atoms with Crippen LogP contribution in [0.4, 0.5) is 0 Å². The van der Waals surface area contributed by atoms with Crippen LogP contribution < -0.4 is 0 Å². The van der Waals surface area contributed by atoms with Crippen molar-refractivity contribution in [3.05, 3.63) is 64.6 Å². The van der Waals surface area contributed by atoms with E-state index in [0.29, 0.717) is 0 Å². The lowest BCUT2D eigenvalue weighted by Crippen LogP contribution is -1.89. The topological polar surface area (TPSA) is 29.4 Å². The van der Waals surface area contributed by atoms with Crippen LogP contribution in [0.1, 0.15) is 17.2 Å². The first-order valence-electron chi connectivity index (χ1n) is 4.92. The van der Waals surface area contributed by atoms with Gasteiger partial charge in [-0.1, -0.05) is 53.7 Å². The molecular formula is C13H9NO. The van der Waals surface area contributed by atoms with E-state index in [1.807, 2.05) is 48.5 Å². The average Bonchev–Trinajstić information content (AvgIpc) is 2.63. The van der Waals surface area contributed by atoms with Gasteiger partial charge in [-0.25, -0.2) is 0 Å². The zero-order chi connectivity index (χ0) is 10.3. The summed E-state index contributed by atoms with van der Waals surface area (Å²) in [4.78, 5) is 10.9. The molecule has 0 amide bonds. The monoisotopic (exact) mass is 195 g/mol. The maximum absolute atomic E-state index is 10.9. The molecule has 0 radical (unpaired) electrons. The third kappa shape index (κ3) is 1.05. The number of benzene rings is 2. The Hall–Kier alpha value is -1.96. The summed E-state index contributed by atoms with van der Waals surface area (Å²) in [6.07, 6.45) is 0. The highest BCUT2D eigenvalue weighted by Gasteiger charge is 2.28. The van der Waals surface area contributed by atoms with Crippen molar-refractivity contribution < 1.29 is 0 Å². The molecule has 0 fully saturated rings. The Morgan fingerprint density at radius 1 is 0.800 bits per heavy atom. The number of hydrogen-bond donors (Lipinski definition) is 0. The molecule has 2 nitrogen and oxygen atoms in total. The molecule has 0 saturated carbocycles. The van der Waals surface area contributed by atoms with Crippen molar-refractivity contribution in [3.63, 3.8) is 0 Å². The molecule has 0 atom stereocenters. The number of fused-ring (bicyclic) bond motifs is 3. The molecule has 0 aromatic heterocycles. The predicted molar refractivity (Wildman–Crippen MR) is 59.5 cm³/mol. The summed E-state index contributed by atoms with van der Waals surface area (Å²) in [5.74, 6) is 0. The molecule has 2 aromatic rings. The van der Waals surface area contributed by atoms with Gasteiger partial charge in [-0.3, -0.25) is 0 Å². The zero-order valence-electron chi connectivity index (χ0n) is 8.05. The molecule has 0 aliphatic heterocycles. The normalized spacial score (nSPS) is 13.3. The lowest BCUT2D eigenvalue weighted by Gasteiger charge is -2.01. The predicted octanol–water partition coefficient (Wildman–Crippen LogP) is 3.52. The van der Waals surface area contributed by atoms with Gasteiger partial charge in [0.2, 0.25) is 0 Å². The van der Waals surface area contributed by atoms with Gasteiger partial charge in [-0.15, -0.1) is 4.91 Å². The Morgan fingerprint density at radius 3 is 1.73 bits per heavy atom. The van der Waals surface area contributed by atoms with E-state index in [1.165, 1.54) is 0 Å². The minimum absolute atomic E-state index is 0.322. The van der Waals surface area contributed by atoms with E-state index < -0.39 is 0 Å². The molecule has 1 aliphatic carbocycles. The molecule has 2 aromatic carbocycles. The van der Waals surface area contributed by atoms with Gasteiger partial charge in [0, 0.05) is 0 Å². The highest BCUT2D eigenvalue weighted by atomic mass is 16.3. The summed E-state index contributed by atoms with van der Waals surface area (Å²) >= 11 is 0. The van der Waals surface area contributed by atoms with E-state index in [1.54, 1.807) is 0 Å². The van der Waals surface area contributed by atoms with Crippen LogP contribution in [-0.2, 0) is 0 Å². The summed E-state index contributed by atoms with van der Waals surface area (Å²) in [5, 5.41) is 3.22. The fourth-order valence-corrected chi connectivity index (χ4v) is 2.24. The maximum Gasteiger partial charge on any atom is 0.143 e. The SMILES string of the molecule is O=NC1c2ccccc2-c2ccccc21. The number of nitroso groups, excluding NO2 is 1. The van der Waals surface area contributed by atoms with E-state index in [0.717, 1.165) is 22.3 Å². The van der Waals surface area contributed by atoms with Crippen molar-refractivity contribution in [1.82, 2.24) is 0 Å². The van der Waals surface area contributed by atoms with Crippen LogP contribution in [0.5, 0.6) is 0 Å². The molecule has 0 bridgehead atoms. The number of nitrogens with zero attached hydrogens (tertiary/aromatic N) is 1. The summed E-state index contributed by atoms with van der Waals surface area (Å²) in [6, 6.07) is 15.6. The maximum atomic E-state index is 10.9. The van der Waals surface area contributed by atoms with Gasteiger partial charge in [0.05, 0.1) is 0 Å². The summed E-state index contributed by atoms with van der Waals surface area (Å²) in [6.45, 7) is 0. The molecular weight excluding hydrogens is 186 g/mol. The van der Waals surface area contributed by atoms with E-state index in [4.69, 9.17) is 0 Å². The van der Waals surface area contributed by atoms with Gasteiger partial charge in [-0.2, -0.15) is 0 Å². The molecule has 0 spiro atoms. The second kappa shape index (κ2) is 3.02. The second-order valence-electron chi connectivity index (χ2n) is 3.68. The third-order valence-corrected chi connectivity index (χ3v) is 2.91. The first-order chi connectivity index (χ1) is 7.42. The number of hydrogen-bond acceptors (Lipinski definition) is 2. The zero-order valence-corrected chi connectivity index (χ0v) is 8.05. The molecule has 72 valence electrons. The molecule has 2 heteroatoms. The first kappa shape index (κ1) is 8.36. The van der Waals surface area contributed by atoms with Crippen LogP contribution in [-0.4, -0.2) is 0 Å². The van der Waals surface area contributed by atoms with Crippen LogP contribution in [0, 0.1) is 4.91 Å². The highest BCUT2D eigenvalue weighted by Crippen LogP contribution is 2.44. The van der Waals surface area contributed by atoms with E-state index in [2.05, 4.69) is 5.18 Å². The Labute approximate surface area is 87.5 Å². The number of rotatable bonds is 1. The van der Waals surface area contributed by atoms with Crippen LogP contribution in [0.3, 0.4) is 0 Å². The lowest BCUT2D eigenvalue weighted by atomic mass is 10.1. The van der Waals surface area contributed by atoms with E-state index in [-0.39, 0.29) is 6.04 Å². The van der Waals surface area contributed by atoms with Crippen LogP contribution >= 0.6 is 0 Å². The molecule has 3 rings (SSSR count). The summed E-state index contributed by atoms with van der Waals surface area (Å²) in [5.41, 5.74) is 4.32. The van der Waals surface area contributed by atoms with E-state index in [9.17, 15) is 4.91 Å². The Bertz CT molecular complexity index is 488. The molecule has 1 aliphatic rings. The Kier molecular flexibility index (Phi) is 1.68. The average molecular weight is 195 g/mol. The summed E-state index contributed by atoms with van der Waals surface area (Å²) in [7, 11) is 0. The molecule has 0 heterocycles. The van der Waals surface area contributed by atoms with Crippen LogP contribution in [0.15, 0.2) is 53.7 Å². The van der Waals surface area contributed by atoms with Crippen molar-refractivity contribution in [2.24, 2.45) is 5.18 Å². The third-order valence-electron chi connectivity index (χ3n) is 2.91. The first-order valence-corrected chi connectivity index (χ1v) is 4.92. The largest absolute Gasteiger partial charge is 0.150 e. The van der Waals surface area contributed by atoms with Crippen molar-refractivity contribution in [1.29, 1.82) is 0 Å². The van der Waals surface area contributed by atoms with Crippen molar-refractivity contribution in [2.45, 2.75) is 6.04 Å². The second-order valence-corrected chi connectivity index (χ2v) is 3.68. The smallest absolute Gasteiger partial charge is 0.143 e. The van der Waals surface area contributed by atoms with Crippen LogP contribution in [0.25, 0.3) is 11.1 Å². The van der Waals surface area contributed by atoms with Gasteiger partial charge in [0.15, 0.2) is 0 Å². The lowest BCUT2D eigenvalue weighted by molar-refractivity contribution is 0.892. The highest BCUT2D eigenvalue weighted by molar-refractivity contribution is 5.78. The Balaban J connectivity index is 2.35. The molecule has 0 saturated heterocycles. The van der Waals surface area contributed by atoms with Gasteiger partial charge < -0.3 is 0 Å². The van der Waals surface area contributed by atoms with Crippen molar-refractivity contribution in [3.8, 4) is 11.1 Å². The molecule has 15 heavy (non-hydrogen) atoms. The minimum atomic E-state index is -0.322. The van der Waals surface area contributed by atoms with E-state index >= 15 is 0 Å². The van der Waals surface area contributed by atoms with Gasteiger partial charge >= 0.3 is 0 Å². The quantitative estimate of drug-likeness (QED) is 0.640.